The van der Waals surface area contributed by atoms with Gasteiger partial charge in [-0.3, -0.25) is 9.59 Å². The lowest BCUT2D eigenvalue weighted by Crippen LogP contribution is -2.43. The van der Waals surface area contributed by atoms with Crippen LogP contribution in [0.2, 0.25) is 0 Å². The first-order chi connectivity index (χ1) is 20.2. The topological polar surface area (TPSA) is 155 Å². The number of carbonyl (C=O) groups excluding carboxylic acids is 2. The molecule has 43 heavy (non-hydrogen) atoms. The van der Waals surface area contributed by atoms with E-state index in [0.717, 1.165) is 21.1 Å². The molecule has 0 spiro atoms. The zero-order valence-electron chi connectivity index (χ0n) is 23.6. The molecule has 228 valence electrons. The van der Waals surface area contributed by atoms with Crippen LogP contribution in [0.5, 0.6) is 0 Å². The summed E-state index contributed by atoms with van der Waals surface area (Å²) in [6, 6.07) is 20.8. The minimum atomic E-state index is -4.73. The first-order valence-electron chi connectivity index (χ1n) is 12.6. The van der Waals surface area contributed by atoms with E-state index in [-0.39, 0.29) is 14.7 Å². The van der Waals surface area contributed by atoms with Crippen molar-refractivity contribution in [2.24, 2.45) is 5.41 Å². The first-order valence-corrected chi connectivity index (χ1v) is 17.1. The highest BCUT2D eigenvalue weighted by molar-refractivity contribution is 7.99. The molecule has 0 fully saturated rings. The van der Waals surface area contributed by atoms with E-state index < -0.39 is 74.4 Å². The Morgan fingerprint density at radius 2 is 0.953 bits per heavy atom. The van der Waals surface area contributed by atoms with Crippen molar-refractivity contribution in [3.05, 3.63) is 112 Å². The number of benzene rings is 3. The van der Waals surface area contributed by atoms with Crippen LogP contribution in [0.25, 0.3) is 0 Å². The van der Waals surface area contributed by atoms with E-state index in [1.54, 1.807) is 18.2 Å². The molecule has 0 aliphatic heterocycles. The lowest BCUT2D eigenvalue weighted by atomic mass is 9.80. The van der Waals surface area contributed by atoms with Gasteiger partial charge in [-0.2, -0.15) is 0 Å². The zero-order chi connectivity index (χ0) is 32.1. The van der Waals surface area contributed by atoms with E-state index in [1.165, 1.54) is 72.8 Å². The van der Waals surface area contributed by atoms with Crippen LogP contribution in [0.15, 0.2) is 127 Å². The van der Waals surface area contributed by atoms with Gasteiger partial charge in [-0.15, -0.1) is 0 Å². The van der Waals surface area contributed by atoms with Crippen molar-refractivity contribution < 1.29 is 44.3 Å². The van der Waals surface area contributed by atoms with E-state index in [2.05, 4.69) is 6.58 Å². The van der Waals surface area contributed by atoms with Gasteiger partial charge >= 0.3 is 11.9 Å². The van der Waals surface area contributed by atoms with E-state index in [9.17, 15) is 34.8 Å². The molecule has 0 aliphatic rings. The van der Waals surface area contributed by atoms with E-state index in [1.807, 2.05) is 0 Å². The molecule has 13 heteroatoms. The van der Waals surface area contributed by atoms with E-state index in [4.69, 9.17) is 9.47 Å². The molecule has 10 nitrogen and oxygen atoms in total. The Labute approximate surface area is 251 Å². The molecule has 0 atom stereocenters. The number of sulfone groups is 3. The number of carbonyl (C=O) groups is 2. The summed E-state index contributed by atoms with van der Waals surface area (Å²) in [5, 5.41) is 0. The van der Waals surface area contributed by atoms with Gasteiger partial charge < -0.3 is 9.47 Å². The summed E-state index contributed by atoms with van der Waals surface area (Å²) in [4.78, 5) is 24.0. The highest BCUT2D eigenvalue weighted by Gasteiger charge is 2.53. The van der Waals surface area contributed by atoms with Crippen LogP contribution in [0.3, 0.4) is 0 Å². The Bertz CT molecular complexity index is 1850. The van der Waals surface area contributed by atoms with Crippen LogP contribution >= 0.6 is 0 Å². The van der Waals surface area contributed by atoms with Crippen LogP contribution in [0, 0.1) is 5.41 Å². The van der Waals surface area contributed by atoms with Gasteiger partial charge in [0.25, 0.3) is 0 Å². The van der Waals surface area contributed by atoms with Gasteiger partial charge in [0, 0.05) is 17.7 Å². The Hall–Kier alpha value is -4.07. The lowest BCUT2D eigenvalue weighted by Gasteiger charge is -2.30. The smallest absolute Gasteiger partial charge is 0.323 e. The number of esters is 2. The molecular weight excluding hydrogens is 617 g/mol. The zero-order valence-corrected chi connectivity index (χ0v) is 26.0. The van der Waals surface area contributed by atoms with Crippen LogP contribution in [-0.4, -0.2) is 51.4 Å². The van der Waals surface area contributed by atoms with Gasteiger partial charge in [0.2, 0.25) is 29.5 Å². The largest absolute Gasteiger partial charge is 0.468 e. The Morgan fingerprint density at radius 3 is 1.33 bits per heavy atom. The molecule has 0 amide bonds. The number of allylic oxidation sites excluding steroid dienone is 3. The van der Waals surface area contributed by atoms with Crippen molar-refractivity contribution in [3.8, 4) is 0 Å². The third-order valence-corrected chi connectivity index (χ3v) is 12.6. The molecule has 3 aromatic rings. The van der Waals surface area contributed by atoms with Gasteiger partial charge in [0.1, 0.15) is 0 Å². The fourth-order valence-corrected chi connectivity index (χ4v) is 9.17. The fourth-order valence-electron chi connectivity index (χ4n) is 4.37. The van der Waals surface area contributed by atoms with Gasteiger partial charge in [-0.05, 0) is 43.3 Å². The third-order valence-electron chi connectivity index (χ3n) is 6.77. The SMILES string of the molecule is C=C(CC(C/C(=C(\C)S(=O)(=O)c1ccccc1)S(=O)(=O)c1ccccc1)(C(=O)OC)C(=O)OC)S(=O)(=O)c1ccccc1. The predicted molar refractivity (Wildman–Crippen MR) is 158 cm³/mol. The summed E-state index contributed by atoms with van der Waals surface area (Å²) in [7, 11) is -11.8. The van der Waals surface area contributed by atoms with Gasteiger partial charge in [0.15, 0.2) is 5.41 Å². The molecule has 0 bridgehead atoms. The predicted octanol–water partition coefficient (Wildman–Crippen LogP) is 4.27. The molecule has 0 radical (unpaired) electrons. The van der Waals surface area contributed by atoms with Crippen molar-refractivity contribution >= 4 is 41.5 Å². The third kappa shape index (κ3) is 6.63. The van der Waals surface area contributed by atoms with Crippen molar-refractivity contribution in [1.29, 1.82) is 0 Å². The van der Waals surface area contributed by atoms with Crippen molar-refractivity contribution in [2.75, 3.05) is 14.2 Å². The maximum atomic E-state index is 14.1. The van der Waals surface area contributed by atoms with Gasteiger partial charge in [-0.1, -0.05) is 61.2 Å². The molecule has 3 rings (SSSR count). The standard InChI is InChI=1S/C30H30O10S3/c1-22(41(33,34)24-14-8-5-9-15-24)20-30(28(31)39-3,29(32)40-4)21-27(43(37,38)26-18-12-7-13-19-26)23(2)42(35,36)25-16-10-6-11-17-25/h5-19H,1,20-21H2,2-4H3/b27-23-. The second-order valence-electron chi connectivity index (χ2n) is 9.39. The number of ether oxygens (including phenoxy) is 2. The van der Waals surface area contributed by atoms with Crippen LogP contribution in [-0.2, 0) is 48.6 Å². The molecule has 0 aliphatic carbocycles. The highest BCUT2D eigenvalue weighted by Crippen LogP contribution is 2.43. The molecule has 0 unspecified atom stereocenters. The van der Waals surface area contributed by atoms with Crippen molar-refractivity contribution in [2.45, 2.75) is 34.5 Å². The summed E-state index contributed by atoms with van der Waals surface area (Å²) < 4.78 is 92.1. The molecule has 0 heterocycles. The molecule has 0 saturated carbocycles. The molecule has 0 N–H and O–H groups in total. The Morgan fingerprint density at radius 1 is 0.605 bits per heavy atom. The normalized spacial score (nSPS) is 13.0. The summed E-state index contributed by atoms with van der Waals surface area (Å²) in [5.74, 6) is -2.70. The van der Waals surface area contributed by atoms with Gasteiger partial charge in [0.05, 0.1) is 38.7 Å². The second kappa shape index (κ2) is 13.1. The summed E-state index contributed by atoms with van der Waals surface area (Å²) in [6.07, 6.45) is -2.10. The average Bonchev–Trinajstić information content (AvgIpc) is 3.02. The lowest BCUT2D eigenvalue weighted by molar-refractivity contribution is -0.168. The first kappa shape index (κ1) is 33.4. The monoisotopic (exact) mass is 646 g/mol. The quantitative estimate of drug-likeness (QED) is 0.206. The van der Waals surface area contributed by atoms with Crippen LogP contribution in [0.1, 0.15) is 19.8 Å². The average molecular weight is 647 g/mol. The van der Waals surface area contributed by atoms with Crippen LogP contribution in [0.4, 0.5) is 0 Å². The molecule has 3 aromatic carbocycles. The van der Waals surface area contributed by atoms with E-state index >= 15 is 0 Å². The number of hydrogen-bond acceptors (Lipinski definition) is 10. The Kier molecular flexibility index (Phi) is 10.2. The minimum Gasteiger partial charge on any atom is -0.468 e. The van der Waals surface area contributed by atoms with Gasteiger partial charge in [-0.25, -0.2) is 25.3 Å². The molecule has 0 saturated heterocycles. The summed E-state index contributed by atoms with van der Waals surface area (Å²) in [6.45, 7) is 4.64. The molecule has 0 aromatic heterocycles. The summed E-state index contributed by atoms with van der Waals surface area (Å²) >= 11 is 0. The fraction of sp³-hybridized carbons (Fsp3) is 0.200. The van der Waals surface area contributed by atoms with Crippen molar-refractivity contribution in [3.63, 3.8) is 0 Å². The highest BCUT2D eigenvalue weighted by atomic mass is 32.2. The second-order valence-corrected chi connectivity index (χ2v) is 15.5. The minimum absolute atomic E-state index is 0.195. The Balaban J connectivity index is 2.36. The summed E-state index contributed by atoms with van der Waals surface area (Å²) in [5.41, 5.74) is -2.67. The van der Waals surface area contributed by atoms with Crippen molar-refractivity contribution in [1.82, 2.24) is 0 Å². The molecular formula is C30H30O10S3. The van der Waals surface area contributed by atoms with E-state index in [0.29, 0.717) is 0 Å². The number of rotatable bonds is 12. The number of hydrogen-bond donors (Lipinski definition) is 0. The maximum Gasteiger partial charge on any atom is 0.323 e. The number of methoxy groups -OCH3 is 2. The van der Waals surface area contributed by atoms with Crippen LogP contribution < -0.4 is 0 Å². The maximum absolute atomic E-state index is 14.1.